The molecular formula is C7H8O7. The van der Waals surface area contributed by atoms with E-state index >= 15 is 0 Å². The number of rotatable bonds is 4. The van der Waals surface area contributed by atoms with E-state index in [9.17, 15) is 19.2 Å². The van der Waals surface area contributed by atoms with Gasteiger partial charge in [-0.3, -0.25) is 9.59 Å². The molecule has 14 heavy (non-hydrogen) atoms. The van der Waals surface area contributed by atoms with Gasteiger partial charge in [-0.15, -0.1) is 0 Å². The van der Waals surface area contributed by atoms with E-state index in [2.05, 4.69) is 9.78 Å². The van der Waals surface area contributed by atoms with Crippen molar-refractivity contribution in [3.8, 4) is 0 Å². The molecule has 0 radical (unpaired) electrons. The minimum atomic E-state index is -1.31. The van der Waals surface area contributed by atoms with Gasteiger partial charge in [-0.25, -0.2) is 19.4 Å². The van der Waals surface area contributed by atoms with Crippen LogP contribution in [-0.2, 0) is 29.0 Å². The Morgan fingerprint density at radius 2 is 1.64 bits per heavy atom. The van der Waals surface area contributed by atoms with E-state index in [-0.39, 0.29) is 0 Å². The van der Waals surface area contributed by atoms with E-state index < -0.39 is 36.5 Å². The third kappa shape index (κ3) is 5.70. The summed E-state index contributed by atoms with van der Waals surface area (Å²) in [7, 11) is 0. The summed E-state index contributed by atoms with van der Waals surface area (Å²) in [5.74, 6) is -4.44. The first-order chi connectivity index (χ1) is 6.43. The lowest BCUT2D eigenvalue weighted by atomic mass is 10.3. The van der Waals surface area contributed by atoms with Crippen LogP contribution in [0.3, 0.4) is 0 Å². The van der Waals surface area contributed by atoms with Crippen molar-refractivity contribution in [2.45, 2.75) is 19.8 Å². The maximum absolute atomic E-state index is 10.6. The lowest BCUT2D eigenvalue weighted by molar-refractivity contribution is -0.256. The van der Waals surface area contributed by atoms with Crippen LogP contribution < -0.4 is 0 Å². The van der Waals surface area contributed by atoms with Crippen LogP contribution in [0.15, 0.2) is 0 Å². The Hall–Kier alpha value is -1.92. The largest absolute Gasteiger partial charge is 0.481 e. The average Bonchev–Trinajstić information content (AvgIpc) is 2.10. The van der Waals surface area contributed by atoms with Gasteiger partial charge in [-0.2, -0.15) is 0 Å². The fourth-order valence-electron chi connectivity index (χ4n) is 0.394. The molecule has 0 aliphatic rings. The van der Waals surface area contributed by atoms with Crippen LogP contribution in [0.2, 0.25) is 0 Å². The molecule has 0 aromatic heterocycles. The molecule has 0 unspecified atom stereocenters. The Morgan fingerprint density at radius 3 is 2.07 bits per heavy atom. The van der Waals surface area contributed by atoms with Gasteiger partial charge in [-0.1, -0.05) is 0 Å². The Bertz CT molecular complexity index is 267. The van der Waals surface area contributed by atoms with Gasteiger partial charge in [0.25, 0.3) is 0 Å². The second-order valence-electron chi connectivity index (χ2n) is 2.28. The Morgan fingerprint density at radius 1 is 1.07 bits per heavy atom. The molecule has 78 valence electrons. The second kappa shape index (κ2) is 5.68. The molecule has 0 aliphatic carbocycles. The number of Topliss-reactive ketones (excluding diaryl/α,β-unsaturated/α-hetero) is 1. The predicted octanol–water partition coefficient (Wildman–Crippen LogP) is -0.558. The molecule has 0 aliphatic heterocycles. The minimum Gasteiger partial charge on any atom is -0.481 e. The van der Waals surface area contributed by atoms with Crippen molar-refractivity contribution in [3.05, 3.63) is 0 Å². The highest BCUT2D eigenvalue weighted by atomic mass is 17.2. The Labute approximate surface area is 78.5 Å². The number of carboxylic acids is 1. The molecule has 0 fully saturated rings. The maximum atomic E-state index is 10.6. The van der Waals surface area contributed by atoms with E-state index in [0.29, 0.717) is 0 Å². The molecule has 0 aromatic carbocycles. The molecule has 0 rings (SSSR count). The van der Waals surface area contributed by atoms with Gasteiger partial charge in [0.15, 0.2) is 0 Å². The van der Waals surface area contributed by atoms with Crippen molar-refractivity contribution < 1.29 is 34.1 Å². The quantitative estimate of drug-likeness (QED) is 0.371. The van der Waals surface area contributed by atoms with Crippen LogP contribution >= 0.6 is 0 Å². The molecule has 0 amide bonds. The first kappa shape index (κ1) is 12.1. The van der Waals surface area contributed by atoms with Gasteiger partial charge in [0.1, 0.15) is 0 Å². The van der Waals surface area contributed by atoms with Gasteiger partial charge in [0.05, 0.1) is 12.8 Å². The SMILES string of the molecule is CC(=O)C(=O)OOC(=O)CCC(=O)O. The molecule has 7 nitrogen and oxygen atoms in total. The second-order valence-corrected chi connectivity index (χ2v) is 2.28. The van der Waals surface area contributed by atoms with Crippen molar-refractivity contribution in [3.63, 3.8) is 0 Å². The molecular weight excluding hydrogens is 196 g/mol. The van der Waals surface area contributed by atoms with Crippen LogP contribution in [0.4, 0.5) is 0 Å². The van der Waals surface area contributed by atoms with Crippen molar-refractivity contribution >= 4 is 23.7 Å². The summed E-state index contributed by atoms with van der Waals surface area (Å²) < 4.78 is 0. The van der Waals surface area contributed by atoms with Crippen molar-refractivity contribution in [2.24, 2.45) is 0 Å². The maximum Gasteiger partial charge on any atom is 0.421 e. The summed E-state index contributed by atoms with van der Waals surface area (Å²) in [5, 5.41) is 8.16. The first-order valence-electron chi connectivity index (χ1n) is 3.57. The van der Waals surface area contributed by atoms with E-state index in [1.807, 2.05) is 0 Å². The lowest BCUT2D eigenvalue weighted by Gasteiger charge is -1.99. The summed E-state index contributed by atoms with van der Waals surface area (Å²) in [5.41, 5.74) is 0. The van der Waals surface area contributed by atoms with Crippen LogP contribution in [-0.4, -0.2) is 28.8 Å². The zero-order valence-corrected chi connectivity index (χ0v) is 7.31. The number of hydrogen-bond donors (Lipinski definition) is 1. The summed E-state index contributed by atoms with van der Waals surface area (Å²) >= 11 is 0. The van der Waals surface area contributed by atoms with Crippen LogP contribution in [0.25, 0.3) is 0 Å². The third-order valence-electron chi connectivity index (χ3n) is 1.04. The molecule has 0 aromatic rings. The summed E-state index contributed by atoms with van der Waals surface area (Å²) in [6.07, 6.45) is -0.864. The molecule has 0 saturated heterocycles. The van der Waals surface area contributed by atoms with Crippen LogP contribution in [0.1, 0.15) is 19.8 Å². The first-order valence-corrected chi connectivity index (χ1v) is 3.57. The number of aliphatic carboxylic acids is 1. The predicted molar refractivity (Wildman–Crippen MR) is 39.7 cm³/mol. The van der Waals surface area contributed by atoms with Gasteiger partial charge in [0, 0.05) is 6.92 Å². The van der Waals surface area contributed by atoms with Crippen molar-refractivity contribution in [2.75, 3.05) is 0 Å². The fourth-order valence-corrected chi connectivity index (χ4v) is 0.394. The molecule has 0 bridgehead atoms. The minimum absolute atomic E-state index is 0.430. The number of carbonyl (C=O) groups excluding carboxylic acids is 3. The van der Waals surface area contributed by atoms with Crippen molar-refractivity contribution in [1.82, 2.24) is 0 Å². The third-order valence-corrected chi connectivity index (χ3v) is 1.04. The van der Waals surface area contributed by atoms with Gasteiger partial charge < -0.3 is 5.11 Å². The highest BCUT2D eigenvalue weighted by molar-refractivity contribution is 6.32. The molecule has 0 saturated carbocycles. The van der Waals surface area contributed by atoms with Crippen LogP contribution in [0, 0.1) is 0 Å². The molecule has 7 heteroatoms. The van der Waals surface area contributed by atoms with Crippen LogP contribution in [0.5, 0.6) is 0 Å². The van der Waals surface area contributed by atoms with E-state index in [1.165, 1.54) is 0 Å². The molecule has 0 spiro atoms. The Balaban J connectivity index is 3.69. The summed E-state index contributed by atoms with van der Waals surface area (Å²) in [4.78, 5) is 48.9. The number of carbonyl (C=O) groups is 4. The Kier molecular flexibility index (Phi) is 4.90. The van der Waals surface area contributed by atoms with Gasteiger partial charge in [0.2, 0.25) is 5.78 Å². The summed E-state index contributed by atoms with van der Waals surface area (Å²) in [6, 6.07) is 0. The van der Waals surface area contributed by atoms with E-state index in [4.69, 9.17) is 5.11 Å². The smallest absolute Gasteiger partial charge is 0.421 e. The van der Waals surface area contributed by atoms with E-state index in [0.717, 1.165) is 6.92 Å². The number of ketones is 1. The normalized spacial score (nSPS) is 8.93. The van der Waals surface area contributed by atoms with Crippen molar-refractivity contribution in [1.29, 1.82) is 0 Å². The average molecular weight is 204 g/mol. The number of carboxylic acid groups (broad SMARTS) is 1. The molecule has 0 heterocycles. The lowest BCUT2D eigenvalue weighted by Crippen LogP contribution is -2.17. The standard InChI is InChI=1S/C7H8O7/c1-4(8)7(12)14-13-6(11)3-2-5(9)10/h2-3H2,1H3,(H,9,10). The van der Waals surface area contributed by atoms with Gasteiger partial charge >= 0.3 is 17.9 Å². The monoisotopic (exact) mass is 204 g/mol. The fraction of sp³-hybridized carbons (Fsp3) is 0.429. The van der Waals surface area contributed by atoms with E-state index in [1.54, 1.807) is 0 Å². The van der Waals surface area contributed by atoms with Gasteiger partial charge in [-0.05, 0) is 0 Å². The zero-order valence-electron chi connectivity index (χ0n) is 7.31. The molecule has 0 atom stereocenters. The number of hydrogen-bond acceptors (Lipinski definition) is 6. The zero-order chi connectivity index (χ0) is 11.1. The highest BCUT2D eigenvalue weighted by Crippen LogP contribution is 1.94. The molecule has 1 N–H and O–H groups in total. The highest BCUT2D eigenvalue weighted by Gasteiger charge is 2.14. The summed E-state index contributed by atoms with van der Waals surface area (Å²) in [6.45, 7) is 0.938. The topological polar surface area (TPSA) is 107 Å².